The van der Waals surface area contributed by atoms with E-state index in [2.05, 4.69) is 55.1 Å². The number of hydrogen-bond donors (Lipinski definition) is 0. The highest BCUT2D eigenvalue weighted by atomic mass is 16.7. The lowest BCUT2D eigenvalue weighted by Gasteiger charge is -2.20. The molecule has 0 spiro atoms. The van der Waals surface area contributed by atoms with Crippen molar-refractivity contribution in [3.05, 3.63) is 88.7 Å². The van der Waals surface area contributed by atoms with Crippen molar-refractivity contribution in [2.24, 2.45) is 12.0 Å². The van der Waals surface area contributed by atoms with Gasteiger partial charge in [-0.15, -0.1) is 0 Å². The normalized spacial score (nSPS) is 12.5. The highest BCUT2D eigenvalue weighted by Crippen LogP contribution is 2.29. The zero-order valence-corrected chi connectivity index (χ0v) is 20.1. The monoisotopic (exact) mass is 445 g/mol. The zero-order chi connectivity index (χ0) is 24.0. The maximum absolute atomic E-state index is 12.4. The number of ether oxygens (including phenoxy) is 2. The van der Waals surface area contributed by atoms with Gasteiger partial charge in [-0.05, 0) is 41.7 Å². The van der Waals surface area contributed by atoms with E-state index in [1.54, 1.807) is 42.2 Å². The molecule has 3 aromatic rings. The van der Waals surface area contributed by atoms with Crippen LogP contribution in [0.5, 0.6) is 0 Å². The summed E-state index contributed by atoms with van der Waals surface area (Å²) in [6.45, 7) is 8.22. The van der Waals surface area contributed by atoms with Crippen LogP contribution in [0.4, 0.5) is 0 Å². The number of aryl methyl sites for hydroxylation is 2. The first-order valence-corrected chi connectivity index (χ1v) is 10.8. The molecule has 0 unspecified atom stereocenters. The largest absolute Gasteiger partial charge is 0.454 e. The van der Waals surface area contributed by atoms with Gasteiger partial charge in [0.15, 0.2) is 5.76 Å². The number of esters is 1. The van der Waals surface area contributed by atoms with E-state index in [-0.39, 0.29) is 12.2 Å². The van der Waals surface area contributed by atoms with Crippen molar-refractivity contribution in [2.45, 2.75) is 33.1 Å². The lowest BCUT2D eigenvalue weighted by atomic mass is 9.86. The number of carbonyl (C=O) groups is 1. The number of rotatable bonds is 7. The molecule has 0 atom stereocenters. The number of carbonyl (C=O) groups excluding carboxylic acids is 1. The fourth-order valence-corrected chi connectivity index (χ4v) is 3.46. The first kappa shape index (κ1) is 24.0. The van der Waals surface area contributed by atoms with Gasteiger partial charge in [-0.2, -0.15) is 5.10 Å². The van der Waals surface area contributed by atoms with Gasteiger partial charge in [-0.25, -0.2) is 4.79 Å². The molecule has 0 aliphatic rings. The Labute approximate surface area is 195 Å². The van der Waals surface area contributed by atoms with E-state index in [4.69, 9.17) is 9.47 Å². The highest BCUT2D eigenvalue weighted by molar-refractivity contribution is 6.18. The predicted molar refractivity (Wildman–Crippen MR) is 132 cm³/mol. The van der Waals surface area contributed by atoms with Crippen molar-refractivity contribution >= 4 is 23.5 Å². The van der Waals surface area contributed by atoms with Crippen molar-refractivity contribution in [2.75, 3.05) is 13.8 Å². The van der Waals surface area contributed by atoms with Crippen LogP contribution in [0.1, 0.15) is 53.6 Å². The van der Waals surface area contributed by atoms with Crippen LogP contribution in [0.3, 0.4) is 0 Å². The summed E-state index contributed by atoms with van der Waals surface area (Å²) in [6.07, 6.45) is 1.75. The van der Waals surface area contributed by atoms with E-state index < -0.39 is 5.97 Å². The Balaban J connectivity index is 1.98. The van der Waals surface area contributed by atoms with E-state index in [9.17, 15) is 4.79 Å². The molecule has 6 nitrogen and oxygen atoms in total. The third-order valence-corrected chi connectivity index (χ3v) is 5.20. The minimum absolute atomic E-state index is 0.0470. The SMILES string of the molecule is C/N=C\C(=C(\OCOC(=O)c1ccccc1)c1cc(C)nn1C)c1ccc(C(C)(C)C)cc1. The van der Waals surface area contributed by atoms with Crippen LogP contribution in [-0.2, 0) is 21.9 Å². The minimum atomic E-state index is -0.448. The molecule has 0 fully saturated rings. The first-order chi connectivity index (χ1) is 15.7. The van der Waals surface area contributed by atoms with Gasteiger partial charge in [0.05, 0.1) is 11.3 Å². The van der Waals surface area contributed by atoms with Gasteiger partial charge in [-0.1, -0.05) is 63.2 Å². The Morgan fingerprint density at radius 1 is 1.03 bits per heavy atom. The van der Waals surface area contributed by atoms with Gasteiger partial charge >= 0.3 is 5.97 Å². The quantitative estimate of drug-likeness (QED) is 0.211. The van der Waals surface area contributed by atoms with E-state index >= 15 is 0 Å². The highest BCUT2D eigenvalue weighted by Gasteiger charge is 2.19. The van der Waals surface area contributed by atoms with Gasteiger partial charge < -0.3 is 9.47 Å². The second-order valence-electron chi connectivity index (χ2n) is 8.81. The van der Waals surface area contributed by atoms with Gasteiger partial charge in [0, 0.05) is 25.9 Å². The summed E-state index contributed by atoms with van der Waals surface area (Å²) in [5.41, 5.74) is 5.08. The molecule has 3 rings (SSSR count). The van der Waals surface area contributed by atoms with Gasteiger partial charge in [0.2, 0.25) is 6.79 Å². The van der Waals surface area contributed by atoms with Crippen molar-refractivity contribution in [3.8, 4) is 0 Å². The van der Waals surface area contributed by atoms with Gasteiger partial charge in [0.25, 0.3) is 0 Å². The molecular weight excluding hydrogens is 414 g/mol. The van der Waals surface area contributed by atoms with E-state index in [1.807, 2.05) is 26.1 Å². The van der Waals surface area contributed by atoms with Crippen LogP contribution in [0.25, 0.3) is 11.3 Å². The molecule has 0 amide bonds. The maximum atomic E-state index is 12.4. The second-order valence-corrected chi connectivity index (χ2v) is 8.81. The van der Waals surface area contributed by atoms with Crippen LogP contribution >= 0.6 is 0 Å². The number of aromatic nitrogens is 2. The maximum Gasteiger partial charge on any atom is 0.340 e. The molecule has 0 N–H and O–H groups in total. The number of hydrogen-bond acceptors (Lipinski definition) is 5. The molecule has 1 heterocycles. The van der Waals surface area contributed by atoms with Crippen LogP contribution < -0.4 is 0 Å². The summed E-state index contributed by atoms with van der Waals surface area (Å²) in [4.78, 5) is 16.6. The van der Waals surface area contributed by atoms with Crippen LogP contribution in [-0.4, -0.2) is 35.8 Å². The fraction of sp³-hybridized carbons (Fsp3) is 0.296. The Hall–Kier alpha value is -3.67. The zero-order valence-electron chi connectivity index (χ0n) is 20.1. The molecule has 0 saturated carbocycles. The van der Waals surface area contributed by atoms with Crippen molar-refractivity contribution in [1.82, 2.24) is 9.78 Å². The number of nitrogens with zero attached hydrogens (tertiary/aromatic N) is 3. The third kappa shape index (κ3) is 5.98. The summed E-state index contributed by atoms with van der Waals surface area (Å²) < 4.78 is 13.2. The van der Waals surface area contributed by atoms with Gasteiger partial charge in [0.1, 0.15) is 5.69 Å². The van der Waals surface area contributed by atoms with Gasteiger partial charge in [-0.3, -0.25) is 9.67 Å². The average molecular weight is 446 g/mol. The molecule has 33 heavy (non-hydrogen) atoms. The Kier molecular flexibility index (Phi) is 7.48. The molecule has 1 aromatic heterocycles. The average Bonchev–Trinajstić information content (AvgIpc) is 3.13. The predicted octanol–water partition coefficient (Wildman–Crippen LogP) is 5.43. The lowest BCUT2D eigenvalue weighted by molar-refractivity contribution is 0.00663. The van der Waals surface area contributed by atoms with E-state index in [0.717, 1.165) is 22.5 Å². The summed E-state index contributed by atoms with van der Waals surface area (Å²) in [7, 11) is 3.57. The minimum Gasteiger partial charge on any atom is -0.454 e. The number of aliphatic imine (C=N–C) groups is 1. The smallest absolute Gasteiger partial charge is 0.340 e. The molecule has 0 saturated heterocycles. The summed E-state index contributed by atoms with van der Waals surface area (Å²) >= 11 is 0. The summed E-state index contributed by atoms with van der Waals surface area (Å²) in [5.74, 6) is 0.0874. The Bertz CT molecular complexity index is 1150. The Morgan fingerprint density at radius 3 is 2.24 bits per heavy atom. The standard InChI is InChI=1S/C27H31N3O3/c1-19-16-24(30(6)29-19)25(32-18-33-26(31)21-10-8-7-9-11-21)23(17-28-5)20-12-14-22(15-13-20)27(2,3)4/h7-17H,18H2,1-6H3/b25-23-,28-17-. The van der Waals surface area contributed by atoms with Crippen molar-refractivity contribution in [1.29, 1.82) is 0 Å². The second kappa shape index (κ2) is 10.3. The molecule has 0 radical (unpaired) electrons. The molecule has 0 bridgehead atoms. The molecule has 0 aliphatic heterocycles. The lowest BCUT2D eigenvalue weighted by Crippen LogP contribution is -2.12. The summed E-state index contributed by atoms with van der Waals surface area (Å²) in [6, 6.07) is 19.1. The number of benzene rings is 2. The van der Waals surface area contributed by atoms with Crippen molar-refractivity contribution < 1.29 is 14.3 Å². The number of allylic oxidation sites excluding steroid dienone is 1. The Morgan fingerprint density at radius 2 is 1.70 bits per heavy atom. The van der Waals surface area contributed by atoms with E-state index in [1.165, 1.54) is 5.56 Å². The molecule has 0 aliphatic carbocycles. The molecule has 172 valence electrons. The fourth-order valence-electron chi connectivity index (χ4n) is 3.46. The third-order valence-electron chi connectivity index (χ3n) is 5.20. The first-order valence-electron chi connectivity index (χ1n) is 10.8. The van der Waals surface area contributed by atoms with Crippen LogP contribution in [0.15, 0.2) is 65.7 Å². The topological polar surface area (TPSA) is 65.7 Å². The van der Waals surface area contributed by atoms with Crippen LogP contribution in [0.2, 0.25) is 0 Å². The molecule has 2 aromatic carbocycles. The molecular formula is C27H31N3O3. The van der Waals surface area contributed by atoms with Crippen molar-refractivity contribution in [3.63, 3.8) is 0 Å². The molecule has 6 heteroatoms. The van der Waals surface area contributed by atoms with E-state index in [0.29, 0.717) is 11.3 Å². The van der Waals surface area contributed by atoms with Crippen LogP contribution in [0, 0.1) is 6.92 Å². The summed E-state index contributed by atoms with van der Waals surface area (Å²) in [5, 5.41) is 4.46.